The Morgan fingerprint density at radius 1 is 1.24 bits per heavy atom. The van der Waals surface area contributed by atoms with E-state index in [2.05, 4.69) is 33.0 Å². The van der Waals surface area contributed by atoms with E-state index in [0.29, 0.717) is 16.9 Å². The van der Waals surface area contributed by atoms with E-state index in [1.165, 1.54) is 11.3 Å². The van der Waals surface area contributed by atoms with Crippen LogP contribution in [0.3, 0.4) is 0 Å². The smallest absolute Gasteiger partial charge is 0.271 e. The molecule has 0 radical (unpaired) electrons. The van der Waals surface area contributed by atoms with Crippen LogP contribution in [0, 0.1) is 0 Å². The minimum Gasteiger partial charge on any atom is -0.311 e. The lowest BCUT2D eigenvalue weighted by Crippen LogP contribution is -2.24. The predicted molar refractivity (Wildman–Crippen MR) is 105 cm³/mol. The van der Waals surface area contributed by atoms with E-state index in [1.54, 1.807) is 12.1 Å². The van der Waals surface area contributed by atoms with Gasteiger partial charge >= 0.3 is 0 Å². The summed E-state index contributed by atoms with van der Waals surface area (Å²) in [5.74, 6) is -0.249. The molecule has 25 heavy (non-hydrogen) atoms. The highest BCUT2D eigenvalue weighted by Gasteiger charge is 2.08. The Hall–Kier alpha value is -2.44. The first-order valence-corrected chi connectivity index (χ1v) is 9.30. The normalized spacial score (nSPS) is 11.3. The molecule has 0 saturated carbocycles. The van der Waals surface area contributed by atoms with Gasteiger partial charge in [-0.3, -0.25) is 4.79 Å². The van der Waals surface area contributed by atoms with E-state index in [4.69, 9.17) is 0 Å². The fourth-order valence-corrected chi connectivity index (χ4v) is 3.63. The summed E-state index contributed by atoms with van der Waals surface area (Å²) in [6.45, 7) is 4.42. The van der Waals surface area contributed by atoms with Crippen molar-refractivity contribution in [1.29, 1.82) is 0 Å². The Kier molecular flexibility index (Phi) is 5.63. The topological polar surface area (TPSA) is 46.4 Å². The largest absolute Gasteiger partial charge is 0.311 e. The molecule has 0 fully saturated rings. The van der Waals surface area contributed by atoms with Crippen LogP contribution in [0.25, 0.3) is 11.3 Å². The molecule has 0 bridgehead atoms. The van der Waals surface area contributed by atoms with Crippen molar-refractivity contribution in [2.24, 2.45) is 5.10 Å². The molecule has 1 heterocycles. The fourth-order valence-electron chi connectivity index (χ4n) is 2.36. The molecule has 0 aliphatic carbocycles. The first-order valence-electron chi connectivity index (χ1n) is 7.63. The fraction of sp³-hybridized carbons (Fsp3) is 0.0526. The third-order valence-corrected chi connectivity index (χ3v) is 4.88. The van der Waals surface area contributed by atoms with Crippen molar-refractivity contribution in [3.05, 3.63) is 87.5 Å². The maximum Gasteiger partial charge on any atom is 0.271 e. The zero-order valence-corrected chi connectivity index (χ0v) is 15.8. The molecule has 0 aliphatic heterocycles. The van der Waals surface area contributed by atoms with Gasteiger partial charge in [-0.05, 0) is 23.8 Å². The summed E-state index contributed by atoms with van der Waals surface area (Å²) in [6.07, 6.45) is 1.81. The van der Waals surface area contributed by atoms with Crippen molar-refractivity contribution in [2.75, 3.05) is 0 Å². The van der Waals surface area contributed by atoms with Gasteiger partial charge in [-0.1, -0.05) is 58.4 Å². The molecule has 2 aromatic carbocycles. The number of thiazole rings is 1. The lowest BCUT2D eigenvalue weighted by Gasteiger charge is -2.06. The Labute approximate surface area is 158 Å². The number of benzene rings is 2. The number of nitrogens with zero attached hydrogens (tertiary/aromatic N) is 2. The van der Waals surface area contributed by atoms with Gasteiger partial charge in [-0.15, -0.1) is 23.0 Å². The first kappa shape index (κ1) is 17.4. The number of carbonyl (C=O) groups excluding carboxylic acids is 1. The van der Waals surface area contributed by atoms with Crippen LogP contribution in [0.4, 0.5) is 0 Å². The molecule has 0 saturated heterocycles. The average molecular weight is 414 g/mol. The molecular formula is C19H16BrN3OS. The summed E-state index contributed by atoms with van der Waals surface area (Å²) in [6, 6.07) is 17.3. The second kappa shape index (κ2) is 8.09. The number of halogens is 1. The third-order valence-electron chi connectivity index (χ3n) is 3.52. The molecule has 4 nitrogen and oxygen atoms in total. The summed E-state index contributed by atoms with van der Waals surface area (Å²) in [4.78, 5) is 13.0. The van der Waals surface area contributed by atoms with Gasteiger partial charge in [-0.2, -0.15) is 0 Å². The summed E-state index contributed by atoms with van der Waals surface area (Å²) in [7, 11) is 0. The molecule has 6 heteroatoms. The van der Waals surface area contributed by atoms with Crippen molar-refractivity contribution >= 4 is 33.2 Å². The van der Waals surface area contributed by atoms with E-state index >= 15 is 0 Å². The zero-order chi connectivity index (χ0) is 17.6. The molecule has 1 N–H and O–H groups in total. The molecule has 1 aromatic heterocycles. The Balaban J connectivity index is 1.91. The minimum absolute atomic E-state index is 0.249. The summed E-state index contributed by atoms with van der Waals surface area (Å²) in [5, 5.41) is 6.33. The molecule has 0 spiro atoms. The van der Waals surface area contributed by atoms with Gasteiger partial charge < -0.3 is 4.57 Å². The molecular weight excluding hydrogens is 398 g/mol. The quantitative estimate of drug-likeness (QED) is 0.488. The first-order chi connectivity index (χ1) is 12.2. The van der Waals surface area contributed by atoms with Gasteiger partial charge in [-0.25, -0.2) is 5.43 Å². The number of allylic oxidation sites excluding steroid dienone is 1. The second-order valence-corrected chi connectivity index (χ2v) is 6.98. The lowest BCUT2D eigenvalue weighted by atomic mass is 10.2. The maximum atomic E-state index is 12.3. The Morgan fingerprint density at radius 2 is 2.04 bits per heavy atom. The molecule has 3 rings (SSSR count). The van der Waals surface area contributed by atoms with Crippen molar-refractivity contribution in [2.45, 2.75) is 6.54 Å². The van der Waals surface area contributed by atoms with Crippen LogP contribution in [-0.2, 0) is 6.54 Å². The van der Waals surface area contributed by atoms with Gasteiger partial charge in [0.1, 0.15) is 0 Å². The van der Waals surface area contributed by atoms with Crippen molar-refractivity contribution in [1.82, 2.24) is 9.99 Å². The van der Waals surface area contributed by atoms with E-state index in [0.717, 1.165) is 15.7 Å². The van der Waals surface area contributed by atoms with Crippen molar-refractivity contribution in [3.63, 3.8) is 0 Å². The van der Waals surface area contributed by atoms with Crippen LogP contribution >= 0.6 is 27.3 Å². The van der Waals surface area contributed by atoms with Crippen LogP contribution in [-0.4, -0.2) is 10.5 Å². The highest BCUT2D eigenvalue weighted by atomic mass is 79.9. The standard InChI is InChI=1S/C19H16BrN3OS/c1-2-11-23-17(14-7-4-3-5-8-14)13-25-19(23)22-21-18(24)15-9-6-10-16(20)12-15/h2-10,12-13H,1,11H2,(H,21,24)/b22-19+. The molecule has 1 amide bonds. The van der Waals surface area contributed by atoms with Crippen molar-refractivity contribution in [3.8, 4) is 11.3 Å². The average Bonchev–Trinajstić information content (AvgIpc) is 3.03. The molecule has 126 valence electrons. The molecule has 0 unspecified atom stereocenters. The van der Waals surface area contributed by atoms with Gasteiger partial charge in [0, 0.05) is 22.0 Å². The van der Waals surface area contributed by atoms with Crippen molar-refractivity contribution < 1.29 is 4.79 Å². The second-order valence-electron chi connectivity index (χ2n) is 5.23. The summed E-state index contributed by atoms with van der Waals surface area (Å²) in [5.41, 5.74) is 5.32. The highest BCUT2D eigenvalue weighted by molar-refractivity contribution is 9.10. The van der Waals surface area contributed by atoms with Crippen LogP contribution < -0.4 is 10.2 Å². The number of aromatic nitrogens is 1. The molecule has 0 atom stereocenters. The number of amides is 1. The van der Waals surface area contributed by atoms with E-state index in [-0.39, 0.29) is 5.91 Å². The lowest BCUT2D eigenvalue weighted by molar-refractivity contribution is 0.0953. The van der Waals surface area contributed by atoms with Crippen LogP contribution in [0.15, 0.2) is 82.2 Å². The van der Waals surface area contributed by atoms with E-state index in [1.807, 2.05) is 58.5 Å². The summed E-state index contributed by atoms with van der Waals surface area (Å²) < 4.78 is 2.87. The number of rotatable bonds is 5. The van der Waals surface area contributed by atoms with E-state index in [9.17, 15) is 4.79 Å². The highest BCUT2D eigenvalue weighted by Crippen LogP contribution is 2.19. The SMILES string of the molecule is C=CCn1c(-c2ccccc2)cs/c1=N/NC(=O)c1cccc(Br)c1. The van der Waals surface area contributed by atoms with E-state index < -0.39 is 0 Å². The van der Waals surface area contributed by atoms with Gasteiger partial charge in [0.2, 0.25) is 4.80 Å². The van der Waals surface area contributed by atoms with Crippen LogP contribution in [0.2, 0.25) is 0 Å². The number of nitrogens with one attached hydrogen (secondary N) is 1. The predicted octanol–water partition coefficient (Wildman–Crippen LogP) is 4.41. The Morgan fingerprint density at radius 3 is 2.76 bits per heavy atom. The van der Waals surface area contributed by atoms with Crippen LogP contribution in [0.5, 0.6) is 0 Å². The van der Waals surface area contributed by atoms with Gasteiger partial charge in [0.05, 0.1) is 5.69 Å². The Bertz CT molecular complexity index is 960. The third kappa shape index (κ3) is 4.15. The molecule has 0 aliphatic rings. The maximum absolute atomic E-state index is 12.3. The number of hydrogen-bond donors (Lipinski definition) is 1. The van der Waals surface area contributed by atoms with Crippen LogP contribution in [0.1, 0.15) is 10.4 Å². The van der Waals surface area contributed by atoms with Gasteiger partial charge in [0.25, 0.3) is 5.91 Å². The minimum atomic E-state index is -0.249. The summed E-state index contributed by atoms with van der Waals surface area (Å²) >= 11 is 4.84. The number of hydrogen-bond acceptors (Lipinski definition) is 3. The number of carbonyl (C=O) groups is 1. The van der Waals surface area contributed by atoms with Gasteiger partial charge in [0.15, 0.2) is 0 Å². The zero-order valence-electron chi connectivity index (χ0n) is 13.4. The monoisotopic (exact) mass is 413 g/mol. The molecule has 3 aromatic rings.